The minimum Gasteiger partial charge on any atom is -0.475 e. The molecular formula is C33H33F3N2O3. The van der Waals surface area contributed by atoms with E-state index in [1.807, 2.05) is 54.6 Å². The van der Waals surface area contributed by atoms with Gasteiger partial charge in [0.1, 0.15) is 0 Å². The molecule has 0 aliphatic carbocycles. The highest BCUT2D eigenvalue weighted by Crippen LogP contribution is 2.22. The average Bonchev–Trinajstić information content (AvgIpc) is 2.96. The lowest BCUT2D eigenvalue weighted by atomic mass is 10.0. The normalized spacial score (nSPS) is 11.0. The Hall–Kier alpha value is -4.43. The van der Waals surface area contributed by atoms with E-state index in [0.29, 0.717) is 17.0 Å². The second-order valence-corrected chi connectivity index (χ2v) is 9.85. The maximum Gasteiger partial charge on any atom is 0.490 e. The molecule has 0 bridgehead atoms. The number of carboxylic acid groups (broad SMARTS) is 1. The van der Waals surface area contributed by atoms with E-state index in [1.54, 1.807) is 0 Å². The number of carboxylic acids is 1. The van der Waals surface area contributed by atoms with E-state index >= 15 is 0 Å². The lowest BCUT2D eigenvalue weighted by molar-refractivity contribution is -0.192. The van der Waals surface area contributed by atoms with Crippen LogP contribution in [0.5, 0.6) is 0 Å². The highest BCUT2D eigenvalue weighted by atomic mass is 19.4. The molecule has 0 atom stereocenters. The van der Waals surface area contributed by atoms with Crippen molar-refractivity contribution in [1.29, 1.82) is 0 Å². The van der Waals surface area contributed by atoms with Gasteiger partial charge in [-0.25, -0.2) is 4.79 Å². The van der Waals surface area contributed by atoms with Crippen LogP contribution in [0.2, 0.25) is 0 Å². The fraction of sp³-hybridized carbons (Fsp3) is 0.212. The first kappa shape index (κ1) is 31.1. The summed E-state index contributed by atoms with van der Waals surface area (Å²) < 4.78 is 31.7. The number of carbonyl (C=O) groups is 2. The van der Waals surface area contributed by atoms with Gasteiger partial charge in [-0.05, 0) is 65.0 Å². The van der Waals surface area contributed by atoms with E-state index in [4.69, 9.17) is 9.90 Å². The molecule has 0 aliphatic rings. The van der Waals surface area contributed by atoms with Gasteiger partial charge in [-0.1, -0.05) is 86.6 Å². The Bertz CT molecular complexity index is 1400. The Balaban J connectivity index is 0.000000587. The summed E-state index contributed by atoms with van der Waals surface area (Å²) in [5, 5.41) is 14.1. The van der Waals surface area contributed by atoms with Gasteiger partial charge in [0.15, 0.2) is 5.78 Å². The van der Waals surface area contributed by atoms with Crippen LogP contribution in [0.25, 0.3) is 11.1 Å². The smallest absolute Gasteiger partial charge is 0.475 e. The first-order valence-electron chi connectivity index (χ1n) is 13.2. The molecule has 0 saturated carbocycles. The third kappa shape index (κ3) is 10.2. The molecule has 0 fully saturated rings. The Morgan fingerprint density at radius 3 is 1.93 bits per heavy atom. The monoisotopic (exact) mass is 562 g/mol. The van der Waals surface area contributed by atoms with E-state index in [0.717, 1.165) is 25.3 Å². The summed E-state index contributed by atoms with van der Waals surface area (Å²) in [5.41, 5.74) is 7.37. The summed E-state index contributed by atoms with van der Waals surface area (Å²) in [7, 11) is 0. The number of hydrogen-bond donors (Lipinski definition) is 3. The van der Waals surface area contributed by atoms with E-state index in [1.165, 1.54) is 22.3 Å². The molecule has 0 spiro atoms. The van der Waals surface area contributed by atoms with Crippen molar-refractivity contribution in [3.05, 3.63) is 125 Å². The zero-order valence-corrected chi connectivity index (χ0v) is 22.9. The van der Waals surface area contributed by atoms with Crippen LogP contribution in [0.3, 0.4) is 0 Å². The van der Waals surface area contributed by atoms with Crippen LogP contribution in [0.1, 0.15) is 40.9 Å². The van der Waals surface area contributed by atoms with Crippen LogP contribution in [0.4, 0.5) is 18.9 Å². The zero-order valence-electron chi connectivity index (χ0n) is 22.9. The number of hydrogen-bond acceptors (Lipinski definition) is 4. The van der Waals surface area contributed by atoms with E-state index in [-0.39, 0.29) is 5.78 Å². The van der Waals surface area contributed by atoms with Crippen molar-refractivity contribution in [2.75, 3.05) is 11.9 Å². The highest BCUT2D eigenvalue weighted by Gasteiger charge is 2.38. The molecule has 4 rings (SSSR count). The first-order valence-corrected chi connectivity index (χ1v) is 13.2. The second-order valence-electron chi connectivity index (χ2n) is 9.85. The van der Waals surface area contributed by atoms with Gasteiger partial charge in [-0.3, -0.25) is 4.79 Å². The van der Waals surface area contributed by atoms with Gasteiger partial charge >= 0.3 is 12.1 Å². The van der Waals surface area contributed by atoms with Crippen molar-refractivity contribution < 1.29 is 27.9 Å². The first-order chi connectivity index (χ1) is 19.5. The van der Waals surface area contributed by atoms with Crippen molar-refractivity contribution >= 4 is 17.4 Å². The number of anilines is 1. The van der Waals surface area contributed by atoms with Crippen LogP contribution >= 0.6 is 0 Å². The molecule has 4 aromatic rings. The average molecular weight is 563 g/mol. The minimum atomic E-state index is -5.08. The lowest BCUT2D eigenvalue weighted by Crippen LogP contribution is -2.21. The van der Waals surface area contributed by atoms with Gasteiger partial charge in [-0.2, -0.15) is 13.2 Å². The Labute approximate surface area is 238 Å². The number of carbonyl (C=O) groups excluding carboxylic acids is 1. The van der Waals surface area contributed by atoms with Crippen molar-refractivity contribution in [2.24, 2.45) is 5.92 Å². The third-order valence-corrected chi connectivity index (χ3v) is 6.02. The van der Waals surface area contributed by atoms with Crippen LogP contribution in [0, 0.1) is 5.92 Å². The number of alkyl halides is 3. The van der Waals surface area contributed by atoms with E-state index < -0.39 is 12.1 Å². The number of halogens is 3. The molecule has 0 aromatic heterocycles. The lowest BCUT2D eigenvalue weighted by Gasteiger charge is -2.10. The van der Waals surface area contributed by atoms with Gasteiger partial charge < -0.3 is 15.7 Å². The van der Waals surface area contributed by atoms with Crippen molar-refractivity contribution in [2.45, 2.75) is 33.1 Å². The quantitative estimate of drug-likeness (QED) is 0.174. The van der Waals surface area contributed by atoms with Crippen LogP contribution in [0.15, 0.2) is 103 Å². The Kier molecular flexibility index (Phi) is 11.2. The minimum absolute atomic E-state index is 0.0440. The van der Waals surface area contributed by atoms with E-state index in [2.05, 4.69) is 73.0 Å². The maximum absolute atomic E-state index is 12.6. The number of aliphatic carboxylic acids is 1. The maximum atomic E-state index is 12.6. The molecule has 4 aromatic carbocycles. The van der Waals surface area contributed by atoms with Crippen molar-refractivity contribution in [1.82, 2.24) is 5.32 Å². The molecular weight excluding hydrogens is 529 g/mol. The number of ketones is 1. The molecule has 0 amide bonds. The van der Waals surface area contributed by atoms with Crippen LogP contribution in [-0.2, 0) is 17.9 Å². The summed E-state index contributed by atoms with van der Waals surface area (Å²) in [6, 6.07) is 34.5. The van der Waals surface area contributed by atoms with Crippen molar-refractivity contribution in [3.63, 3.8) is 0 Å². The van der Waals surface area contributed by atoms with Gasteiger partial charge in [0.2, 0.25) is 0 Å². The molecule has 5 nitrogen and oxygen atoms in total. The van der Waals surface area contributed by atoms with Gasteiger partial charge in [0, 0.05) is 29.9 Å². The van der Waals surface area contributed by atoms with Gasteiger partial charge in [-0.15, -0.1) is 0 Å². The predicted molar refractivity (Wildman–Crippen MR) is 156 cm³/mol. The topological polar surface area (TPSA) is 78.4 Å². The molecule has 0 heterocycles. The number of rotatable bonds is 10. The second kappa shape index (κ2) is 14.8. The van der Waals surface area contributed by atoms with Crippen LogP contribution < -0.4 is 10.6 Å². The van der Waals surface area contributed by atoms with Crippen LogP contribution in [-0.4, -0.2) is 29.6 Å². The zero-order chi connectivity index (χ0) is 29.8. The highest BCUT2D eigenvalue weighted by molar-refractivity contribution is 6.09. The predicted octanol–water partition coefficient (Wildman–Crippen LogP) is 7.58. The molecule has 0 saturated heterocycles. The molecule has 0 aliphatic heterocycles. The molecule has 8 heteroatoms. The van der Waals surface area contributed by atoms with Gasteiger partial charge in [0.25, 0.3) is 0 Å². The molecule has 214 valence electrons. The third-order valence-electron chi connectivity index (χ3n) is 6.02. The summed E-state index contributed by atoms with van der Waals surface area (Å²) in [6.45, 7) is 7.09. The summed E-state index contributed by atoms with van der Waals surface area (Å²) >= 11 is 0. The Morgan fingerprint density at radius 1 is 0.732 bits per heavy atom. The molecule has 3 N–H and O–H groups in total. The summed E-state index contributed by atoms with van der Waals surface area (Å²) in [4.78, 5) is 21.5. The fourth-order valence-corrected chi connectivity index (χ4v) is 3.88. The van der Waals surface area contributed by atoms with E-state index in [9.17, 15) is 18.0 Å². The summed E-state index contributed by atoms with van der Waals surface area (Å²) in [5.74, 6) is -2.06. The van der Waals surface area contributed by atoms with Crippen molar-refractivity contribution in [3.8, 4) is 11.1 Å². The Morgan fingerprint density at radius 2 is 1.34 bits per heavy atom. The fourth-order valence-electron chi connectivity index (χ4n) is 3.88. The standard InChI is InChI=1S/C31H32N2O.C2HF3O2/c1-23(2)20-32-21-25-7-6-10-29(19-25)26-13-11-24(12-14-26)22-33-30-17-15-28(16-18-30)31(34)27-8-4-3-5-9-27;3-2(4,5)1(6)7/h3-19,23,32-33H,20-22H2,1-2H3;(H,6,7). The molecule has 41 heavy (non-hydrogen) atoms. The molecule has 0 radical (unpaired) electrons. The molecule has 0 unspecified atom stereocenters. The number of benzene rings is 4. The summed E-state index contributed by atoms with van der Waals surface area (Å²) in [6.07, 6.45) is -5.08. The SMILES string of the molecule is CC(C)CNCc1cccc(-c2ccc(CNc3ccc(C(=O)c4ccccc4)cc3)cc2)c1.O=C(O)C(F)(F)F. The number of nitrogens with one attached hydrogen (secondary N) is 2. The largest absolute Gasteiger partial charge is 0.490 e. The van der Waals surface area contributed by atoms with Gasteiger partial charge in [0.05, 0.1) is 0 Å².